The second kappa shape index (κ2) is 6.65. The number of aryl methyl sites for hydroxylation is 1. The van der Waals surface area contributed by atoms with Crippen molar-refractivity contribution in [2.45, 2.75) is 19.4 Å². The number of aromatic nitrogens is 2. The van der Waals surface area contributed by atoms with Gasteiger partial charge < -0.3 is 9.30 Å². The van der Waals surface area contributed by atoms with E-state index in [1.165, 1.54) is 0 Å². The normalized spacial score (nSPS) is 11.3. The summed E-state index contributed by atoms with van der Waals surface area (Å²) in [4.78, 5) is 16.1. The fourth-order valence-corrected chi connectivity index (χ4v) is 3.49. The first-order chi connectivity index (χ1) is 12.7. The van der Waals surface area contributed by atoms with E-state index in [0.29, 0.717) is 13.0 Å². The number of hydrogen-bond acceptors (Lipinski definition) is 4. The molecule has 6 nitrogen and oxygen atoms in total. The topological polar surface area (TPSA) is 76.4 Å². The lowest BCUT2D eigenvalue weighted by Gasteiger charge is -2.09. The van der Waals surface area contributed by atoms with Gasteiger partial charge in [0.25, 0.3) is 0 Å². The summed E-state index contributed by atoms with van der Waals surface area (Å²) >= 11 is 0. The first-order valence-corrected chi connectivity index (χ1v) is 8.49. The number of ether oxygens (including phenoxy) is 1. The van der Waals surface area contributed by atoms with Crippen LogP contribution in [0.25, 0.3) is 32.7 Å². The number of rotatable bonds is 5. The third kappa shape index (κ3) is 2.64. The zero-order valence-electron chi connectivity index (χ0n) is 14.4. The lowest BCUT2D eigenvalue weighted by atomic mass is 10.1. The van der Waals surface area contributed by atoms with Crippen molar-refractivity contribution in [3.05, 3.63) is 48.7 Å². The van der Waals surface area contributed by atoms with Crippen molar-refractivity contribution >= 4 is 38.6 Å². The molecular weight excluding hydrogens is 330 g/mol. The Labute approximate surface area is 150 Å². The fraction of sp³-hybridized carbons (Fsp3) is 0.200. The zero-order valence-corrected chi connectivity index (χ0v) is 14.4. The number of hydrogen-bond donors (Lipinski definition) is 2. The number of carbonyl (C=O) groups is 1. The van der Waals surface area contributed by atoms with Gasteiger partial charge in [-0.3, -0.25) is 15.0 Å². The summed E-state index contributed by atoms with van der Waals surface area (Å²) in [7, 11) is 1.65. The Bertz CT molecular complexity index is 1120. The maximum Gasteiger partial charge on any atom is 0.243 e. The number of fused-ring (bicyclic) bond motifs is 5. The summed E-state index contributed by atoms with van der Waals surface area (Å²) in [6.45, 7) is 0.648. The van der Waals surface area contributed by atoms with Gasteiger partial charge >= 0.3 is 0 Å². The molecule has 132 valence electrons. The molecule has 0 fully saturated rings. The molecule has 0 radical (unpaired) electrons. The molecule has 0 aliphatic rings. The van der Waals surface area contributed by atoms with Gasteiger partial charge in [0.2, 0.25) is 5.91 Å². The lowest BCUT2D eigenvalue weighted by Crippen LogP contribution is -2.18. The van der Waals surface area contributed by atoms with Crippen molar-refractivity contribution in [2.75, 3.05) is 7.11 Å². The van der Waals surface area contributed by atoms with E-state index >= 15 is 0 Å². The average molecular weight is 349 g/mol. The predicted molar refractivity (Wildman–Crippen MR) is 100 cm³/mol. The third-order valence-electron chi connectivity index (χ3n) is 4.70. The molecule has 2 aromatic carbocycles. The number of nitrogens with one attached hydrogen (secondary N) is 1. The lowest BCUT2D eigenvalue weighted by molar-refractivity contribution is -0.129. The molecule has 0 bridgehead atoms. The van der Waals surface area contributed by atoms with E-state index in [1.54, 1.807) is 12.6 Å². The van der Waals surface area contributed by atoms with Gasteiger partial charge in [-0.15, -0.1) is 0 Å². The van der Waals surface area contributed by atoms with E-state index in [-0.39, 0.29) is 12.3 Å². The maximum atomic E-state index is 11.4. The Morgan fingerprint density at radius 1 is 1.23 bits per heavy atom. The van der Waals surface area contributed by atoms with Gasteiger partial charge in [0.05, 0.1) is 23.7 Å². The van der Waals surface area contributed by atoms with Crippen LogP contribution >= 0.6 is 0 Å². The van der Waals surface area contributed by atoms with Crippen LogP contribution in [-0.2, 0) is 11.3 Å². The Kier molecular flexibility index (Phi) is 4.18. The van der Waals surface area contributed by atoms with Crippen molar-refractivity contribution in [1.29, 1.82) is 0 Å². The van der Waals surface area contributed by atoms with Crippen LogP contribution < -0.4 is 10.2 Å². The molecule has 2 N–H and O–H groups in total. The summed E-state index contributed by atoms with van der Waals surface area (Å²) in [6.07, 6.45) is 2.76. The summed E-state index contributed by atoms with van der Waals surface area (Å²) in [5.41, 5.74) is 4.71. The number of benzene rings is 2. The van der Waals surface area contributed by atoms with Gasteiger partial charge in [0.1, 0.15) is 5.75 Å². The molecule has 0 unspecified atom stereocenters. The van der Waals surface area contributed by atoms with Gasteiger partial charge in [-0.2, -0.15) is 0 Å². The van der Waals surface area contributed by atoms with Crippen molar-refractivity contribution in [1.82, 2.24) is 15.0 Å². The highest BCUT2D eigenvalue weighted by Gasteiger charge is 2.15. The highest BCUT2D eigenvalue weighted by atomic mass is 16.5. The quantitative estimate of drug-likeness (QED) is 0.426. The van der Waals surface area contributed by atoms with E-state index in [2.05, 4.69) is 10.6 Å². The summed E-state index contributed by atoms with van der Waals surface area (Å²) in [5.74, 6) is 0.404. The monoisotopic (exact) mass is 349 g/mol. The molecule has 2 heterocycles. The predicted octanol–water partition coefficient (Wildman–Crippen LogP) is 3.64. The molecule has 0 spiro atoms. The molecule has 0 atom stereocenters. The summed E-state index contributed by atoms with van der Waals surface area (Å²) in [5, 5.41) is 11.9. The Morgan fingerprint density at radius 2 is 2.08 bits per heavy atom. The third-order valence-corrected chi connectivity index (χ3v) is 4.70. The van der Waals surface area contributed by atoms with E-state index in [4.69, 9.17) is 14.9 Å². The Balaban J connectivity index is 1.95. The van der Waals surface area contributed by atoms with Crippen molar-refractivity contribution in [3.63, 3.8) is 0 Å². The number of amides is 1. The van der Waals surface area contributed by atoms with E-state index in [1.807, 2.05) is 42.6 Å². The van der Waals surface area contributed by atoms with E-state index < -0.39 is 0 Å². The maximum absolute atomic E-state index is 11.4. The molecule has 0 aliphatic heterocycles. The van der Waals surface area contributed by atoms with Gasteiger partial charge in [-0.05, 0) is 24.6 Å². The van der Waals surface area contributed by atoms with Crippen LogP contribution in [0.15, 0.2) is 48.7 Å². The molecule has 0 aliphatic carbocycles. The number of pyridine rings is 1. The summed E-state index contributed by atoms with van der Waals surface area (Å²) in [6, 6.07) is 14.1. The van der Waals surface area contributed by atoms with E-state index in [9.17, 15) is 4.79 Å². The smallest absolute Gasteiger partial charge is 0.243 e. The average Bonchev–Trinajstić information content (AvgIpc) is 3.01. The molecule has 2 aromatic heterocycles. The second-order valence-electron chi connectivity index (χ2n) is 6.22. The standard InChI is InChI=1S/C20H19N3O3/c1-26-14-8-9-17-16(11-14)19-20(23(17)10-4-7-18(24)22-25)15-6-3-2-5-13(15)12-21-19/h2-3,5-6,8-9,11-12,25H,4,7,10H2,1H3,(H,22,24). The van der Waals surface area contributed by atoms with Gasteiger partial charge in [0, 0.05) is 35.3 Å². The zero-order chi connectivity index (χ0) is 18.1. The van der Waals surface area contributed by atoms with Crippen LogP contribution in [0.2, 0.25) is 0 Å². The van der Waals surface area contributed by atoms with Crippen molar-refractivity contribution < 1.29 is 14.7 Å². The van der Waals surface area contributed by atoms with Crippen LogP contribution in [0.5, 0.6) is 5.75 Å². The van der Waals surface area contributed by atoms with Gasteiger partial charge in [0.15, 0.2) is 0 Å². The second-order valence-corrected chi connectivity index (χ2v) is 6.22. The molecule has 4 aromatic rings. The largest absolute Gasteiger partial charge is 0.497 e. The SMILES string of the molecule is COc1ccc2c(c1)c1ncc3ccccc3c1n2CCCC(=O)NO. The van der Waals surface area contributed by atoms with Crippen LogP contribution in [0.3, 0.4) is 0 Å². The number of carbonyl (C=O) groups excluding carboxylic acids is 1. The Hall–Kier alpha value is -3.12. The van der Waals surface area contributed by atoms with Gasteiger partial charge in [-0.1, -0.05) is 24.3 Å². The highest BCUT2D eigenvalue weighted by Crippen LogP contribution is 2.34. The molecule has 0 saturated carbocycles. The van der Waals surface area contributed by atoms with Crippen LogP contribution in [-0.4, -0.2) is 27.8 Å². The number of methoxy groups -OCH3 is 1. The van der Waals surface area contributed by atoms with Crippen molar-refractivity contribution in [2.24, 2.45) is 0 Å². The number of nitrogens with zero attached hydrogens (tertiary/aromatic N) is 2. The summed E-state index contributed by atoms with van der Waals surface area (Å²) < 4.78 is 7.58. The Morgan fingerprint density at radius 3 is 2.88 bits per heavy atom. The first-order valence-electron chi connectivity index (χ1n) is 8.49. The van der Waals surface area contributed by atoms with E-state index in [0.717, 1.165) is 38.5 Å². The highest BCUT2D eigenvalue weighted by molar-refractivity contribution is 6.15. The van der Waals surface area contributed by atoms with Crippen LogP contribution in [0.4, 0.5) is 0 Å². The minimum absolute atomic E-state index is 0.256. The van der Waals surface area contributed by atoms with Crippen LogP contribution in [0, 0.1) is 0 Å². The fourth-order valence-electron chi connectivity index (χ4n) is 3.49. The van der Waals surface area contributed by atoms with Crippen LogP contribution in [0.1, 0.15) is 12.8 Å². The number of hydroxylamine groups is 1. The van der Waals surface area contributed by atoms with Crippen molar-refractivity contribution in [3.8, 4) is 5.75 Å². The molecule has 1 amide bonds. The molecular formula is C20H19N3O3. The minimum atomic E-state index is -0.379. The molecule has 4 rings (SSSR count). The van der Waals surface area contributed by atoms with Gasteiger partial charge in [-0.25, -0.2) is 5.48 Å². The minimum Gasteiger partial charge on any atom is -0.497 e. The molecule has 6 heteroatoms. The first kappa shape index (κ1) is 16.4. The molecule has 26 heavy (non-hydrogen) atoms. The molecule has 0 saturated heterocycles.